The van der Waals surface area contributed by atoms with E-state index in [2.05, 4.69) is 10.6 Å². The van der Waals surface area contributed by atoms with Crippen molar-refractivity contribution >= 4 is 23.8 Å². The summed E-state index contributed by atoms with van der Waals surface area (Å²) < 4.78 is 11.5. The van der Waals surface area contributed by atoms with Crippen LogP contribution in [0, 0.1) is 23.2 Å². The zero-order valence-electron chi connectivity index (χ0n) is 18.4. The number of hydrogen-bond donors (Lipinski definition) is 6. The Morgan fingerprint density at radius 1 is 1.30 bits per heavy atom. The van der Waals surface area contributed by atoms with Gasteiger partial charge >= 0.3 is 11.9 Å². The van der Waals surface area contributed by atoms with Crippen molar-refractivity contribution in [2.45, 2.75) is 57.1 Å². The fourth-order valence-electron chi connectivity index (χ4n) is 4.62. The van der Waals surface area contributed by atoms with Crippen molar-refractivity contribution in [2.75, 3.05) is 13.2 Å². The third-order valence-electron chi connectivity index (χ3n) is 6.40. The first-order chi connectivity index (χ1) is 15.8. The number of hydrogen-bond acceptors (Lipinski definition) is 7. The zero-order valence-corrected chi connectivity index (χ0v) is 18.4. The van der Waals surface area contributed by atoms with Crippen molar-refractivity contribution in [1.82, 2.24) is 10.6 Å². The fraction of sp³-hybridized carbons (Fsp3) is 0.636. The van der Waals surface area contributed by atoms with Crippen molar-refractivity contribution in [2.24, 2.45) is 23.5 Å². The van der Waals surface area contributed by atoms with Crippen molar-refractivity contribution < 1.29 is 34.1 Å². The van der Waals surface area contributed by atoms with Gasteiger partial charge in [0, 0.05) is 31.6 Å². The number of aliphatic carboxylic acids is 1. The van der Waals surface area contributed by atoms with Gasteiger partial charge in [0.15, 0.2) is 5.96 Å². The van der Waals surface area contributed by atoms with Crippen LogP contribution < -0.4 is 16.4 Å². The number of carbonyl (C=O) groups excluding carboxylic acids is 2. The number of rotatable bonds is 9. The molecule has 3 aliphatic rings. The van der Waals surface area contributed by atoms with Gasteiger partial charge in [-0.3, -0.25) is 15.0 Å². The highest BCUT2D eigenvalue weighted by molar-refractivity contribution is 5.83. The molecule has 1 heterocycles. The molecule has 0 radical (unpaired) electrons. The number of amides is 1. The van der Waals surface area contributed by atoms with E-state index < -0.39 is 12.0 Å². The molecule has 0 aromatic carbocycles. The number of esters is 1. The Hall–Kier alpha value is -2.92. The summed E-state index contributed by atoms with van der Waals surface area (Å²) in [7, 11) is 0. The number of carbonyl (C=O) groups is 3. The zero-order chi connectivity index (χ0) is 24.0. The minimum Gasteiger partial charge on any atom is -0.480 e. The normalized spacial score (nSPS) is 27.4. The summed E-state index contributed by atoms with van der Waals surface area (Å²) >= 11 is 0. The van der Waals surface area contributed by atoms with E-state index in [9.17, 15) is 14.4 Å². The number of carboxylic acid groups (broad SMARTS) is 1. The van der Waals surface area contributed by atoms with E-state index >= 15 is 0 Å². The summed E-state index contributed by atoms with van der Waals surface area (Å²) in [6.07, 6.45) is 6.52. The second-order valence-electron chi connectivity index (χ2n) is 8.74. The second-order valence-corrected chi connectivity index (χ2v) is 8.74. The quantitative estimate of drug-likeness (QED) is 0.159. The van der Waals surface area contributed by atoms with Gasteiger partial charge in [-0.2, -0.15) is 0 Å². The number of aliphatic hydroxyl groups is 1. The first-order valence-corrected chi connectivity index (χ1v) is 11.2. The SMILES string of the molecule is N=C(N)NC1=CC[C@@H](C(=O)OC2=CC[C@H]3[C@@H](CC(=O)NC(CCO)C(=O)O)CO[C@H]3C2)CC1. The van der Waals surface area contributed by atoms with Crippen molar-refractivity contribution in [1.29, 1.82) is 5.41 Å². The molecule has 0 aromatic rings. The second kappa shape index (κ2) is 11.3. The van der Waals surface area contributed by atoms with Gasteiger partial charge in [-0.1, -0.05) is 6.08 Å². The van der Waals surface area contributed by atoms with E-state index in [0.717, 1.165) is 5.70 Å². The third kappa shape index (κ3) is 6.78. The van der Waals surface area contributed by atoms with E-state index in [-0.39, 0.29) is 61.1 Å². The van der Waals surface area contributed by atoms with Crippen molar-refractivity contribution in [3.63, 3.8) is 0 Å². The van der Waals surface area contributed by atoms with E-state index in [4.69, 9.17) is 30.8 Å². The summed E-state index contributed by atoms with van der Waals surface area (Å²) in [5.41, 5.74) is 6.17. The van der Waals surface area contributed by atoms with Crippen LogP contribution in [0.3, 0.4) is 0 Å². The number of carboxylic acids is 1. The smallest absolute Gasteiger partial charge is 0.326 e. The molecule has 33 heavy (non-hydrogen) atoms. The predicted octanol–water partition coefficient (Wildman–Crippen LogP) is 0.347. The molecule has 182 valence electrons. The Kier molecular flexibility index (Phi) is 8.45. The highest BCUT2D eigenvalue weighted by atomic mass is 16.5. The molecule has 3 rings (SSSR count). The van der Waals surface area contributed by atoms with Crippen LogP contribution in [0.15, 0.2) is 23.6 Å². The molecule has 0 saturated carbocycles. The predicted molar refractivity (Wildman–Crippen MR) is 116 cm³/mol. The molecule has 0 bridgehead atoms. The molecule has 1 amide bonds. The monoisotopic (exact) mass is 464 g/mol. The van der Waals surface area contributed by atoms with E-state index in [1.165, 1.54) is 0 Å². The number of allylic oxidation sites excluding steroid dienone is 3. The Morgan fingerprint density at radius 3 is 2.73 bits per heavy atom. The lowest BCUT2D eigenvalue weighted by Crippen LogP contribution is -2.42. The number of aliphatic hydroxyl groups excluding tert-OH is 1. The van der Waals surface area contributed by atoms with Crippen LogP contribution in [0.4, 0.5) is 0 Å². The maximum absolute atomic E-state index is 12.6. The van der Waals surface area contributed by atoms with Crippen LogP contribution in [0.1, 0.15) is 44.9 Å². The average Bonchev–Trinajstić information content (AvgIpc) is 3.15. The summed E-state index contributed by atoms with van der Waals surface area (Å²) in [6, 6.07) is -1.11. The maximum Gasteiger partial charge on any atom is 0.326 e. The van der Waals surface area contributed by atoms with Gasteiger partial charge < -0.3 is 36.1 Å². The van der Waals surface area contributed by atoms with Crippen LogP contribution in [0.2, 0.25) is 0 Å². The van der Waals surface area contributed by atoms with Crippen LogP contribution in [-0.2, 0) is 23.9 Å². The summed E-state index contributed by atoms with van der Waals surface area (Å²) in [5.74, 6) is -1.58. The van der Waals surface area contributed by atoms with E-state index in [0.29, 0.717) is 44.5 Å². The molecular weight excluding hydrogens is 432 g/mol. The van der Waals surface area contributed by atoms with Gasteiger partial charge in [-0.15, -0.1) is 0 Å². The minimum atomic E-state index is -1.18. The maximum atomic E-state index is 12.6. The summed E-state index contributed by atoms with van der Waals surface area (Å²) in [5, 5.41) is 30.6. The highest BCUT2D eigenvalue weighted by Gasteiger charge is 2.41. The lowest BCUT2D eigenvalue weighted by Gasteiger charge is -2.28. The van der Waals surface area contributed by atoms with Crippen LogP contribution >= 0.6 is 0 Å². The number of nitrogens with one attached hydrogen (secondary N) is 3. The van der Waals surface area contributed by atoms with E-state index in [1.807, 2.05) is 12.2 Å². The van der Waals surface area contributed by atoms with Gasteiger partial charge in [0.1, 0.15) is 11.8 Å². The lowest BCUT2D eigenvalue weighted by molar-refractivity contribution is -0.145. The molecular formula is C22H32N4O7. The highest BCUT2D eigenvalue weighted by Crippen LogP contribution is 2.39. The van der Waals surface area contributed by atoms with Crippen LogP contribution in [0.5, 0.6) is 0 Å². The first-order valence-electron chi connectivity index (χ1n) is 11.2. The van der Waals surface area contributed by atoms with E-state index in [1.54, 1.807) is 0 Å². The average molecular weight is 465 g/mol. The molecule has 1 saturated heterocycles. The summed E-state index contributed by atoms with van der Waals surface area (Å²) in [4.78, 5) is 36.0. The Balaban J connectivity index is 1.48. The Morgan fingerprint density at radius 2 is 2.09 bits per heavy atom. The Labute approximate surface area is 191 Å². The molecule has 7 N–H and O–H groups in total. The Bertz CT molecular complexity index is 841. The van der Waals surface area contributed by atoms with Gasteiger partial charge in [0.25, 0.3) is 0 Å². The molecule has 11 nitrogen and oxygen atoms in total. The van der Waals surface area contributed by atoms with Crippen molar-refractivity contribution in [3.05, 3.63) is 23.6 Å². The molecule has 1 fully saturated rings. The number of fused-ring (bicyclic) bond motifs is 1. The molecule has 0 aromatic heterocycles. The largest absolute Gasteiger partial charge is 0.480 e. The van der Waals surface area contributed by atoms with Gasteiger partial charge in [0.05, 0.1) is 18.6 Å². The van der Waals surface area contributed by atoms with Gasteiger partial charge in [-0.25, -0.2) is 4.79 Å². The molecule has 1 unspecified atom stereocenters. The first kappa shape index (κ1) is 24.7. The minimum absolute atomic E-state index is 0.0445. The third-order valence-corrected chi connectivity index (χ3v) is 6.40. The fourth-order valence-corrected chi connectivity index (χ4v) is 4.62. The van der Waals surface area contributed by atoms with Crippen LogP contribution in [0.25, 0.3) is 0 Å². The molecule has 2 aliphatic carbocycles. The molecule has 11 heteroatoms. The number of nitrogens with two attached hydrogens (primary N) is 1. The number of guanidine groups is 1. The molecule has 5 atom stereocenters. The topological polar surface area (TPSA) is 184 Å². The standard InChI is InChI=1S/C22H32N4O7/c23-22(24)25-14-3-1-12(2-4-14)21(31)33-15-5-6-16-13(11-32-18(16)10-15)9-19(28)26-17(7-8-27)20(29)30/h3,5,12-13,16-18,27H,1-2,4,6-11H2,(H,26,28)(H,29,30)(H4,23,24,25)/t12-,13+,16+,17?,18+/m1/s1. The lowest BCUT2D eigenvalue weighted by atomic mass is 9.81. The number of ether oxygens (including phenoxy) is 2. The summed E-state index contributed by atoms with van der Waals surface area (Å²) in [6.45, 7) is 0.0588. The molecule has 0 spiro atoms. The van der Waals surface area contributed by atoms with Crippen LogP contribution in [-0.4, -0.2) is 59.4 Å². The van der Waals surface area contributed by atoms with Crippen molar-refractivity contribution in [3.8, 4) is 0 Å². The molecule has 1 aliphatic heterocycles. The van der Waals surface area contributed by atoms with Gasteiger partial charge in [0.2, 0.25) is 5.91 Å². The van der Waals surface area contributed by atoms with Gasteiger partial charge in [-0.05, 0) is 43.6 Å².